The molecular weight excluding hydrogens is 266 g/mol. The van der Waals surface area contributed by atoms with Gasteiger partial charge in [0.05, 0.1) is 0 Å². The van der Waals surface area contributed by atoms with Gasteiger partial charge in [0.1, 0.15) is 0 Å². The summed E-state index contributed by atoms with van der Waals surface area (Å²) in [5, 5.41) is 5.52. The van der Waals surface area contributed by atoms with E-state index in [9.17, 15) is 9.59 Å². The minimum atomic E-state index is -0.213. The molecule has 0 aliphatic rings. The molecule has 0 aromatic heterocycles. The van der Waals surface area contributed by atoms with E-state index in [1.54, 1.807) is 11.8 Å². The van der Waals surface area contributed by atoms with Crippen molar-refractivity contribution in [3.05, 3.63) is 29.3 Å². The summed E-state index contributed by atoms with van der Waals surface area (Å²) in [5.74, 6) is -0.0292. The Morgan fingerprint density at radius 1 is 1.19 bits per heavy atom. The van der Waals surface area contributed by atoms with Gasteiger partial charge in [-0.2, -0.15) is 0 Å². The maximum absolute atomic E-state index is 11.9. The second-order valence-electron chi connectivity index (χ2n) is 5.47. The van der Waals surface area contributed by atoms with E-state index in [2.05, 4.69) is 10.6 Å². The number of aryl methyl sites for hydroxylation is 2. The molecule has 3 amide bonds. The van der Waals surface area contributed by atoms with E-state index in [0.29, 0.717) is 13.1 Å². The molecular formula is C16H25N3O2. The van der Waals surface area contributed by atoms with Crippen molar-refractivity contribution in [3.63, 3.8) is 0 Å². The summed E-state index contributed by atoms with van der Waals surface area (Å²) in [6.45, 7) is 10.2. The van der Waals surface area contributed by atoms with Gasteiger partial charge in [0.25, 0.3) is 0 Å². The number of nitrogens with zero attached hydrogens (tertiary/aromatic N) is 1. The van der Waals surface area contributed by atoms with Crippen molar-refractivity contribution in [3.8, 4) is 0 Å². The Kier molecular flexibility index (Phi) is 6.21. The number of anilines is 1. The summed E-state index contributed by atoms with van der Waals surface area (Å²) >= 11 is 0. The van der Waals surface area contributed by atoms with Crippen molar-refractivity contribution in [1.82, 2.24) is 10.6 Å². The monoisotopic (exact) mass is 291 g/mol. The zero-order chi connectivity index (χ0) is 16.0. The van der Waals surface area contributed by atoms with Crippen LogP contribution in [0.25, 0.3) is 0 Å². The molecule has 1 rings (SSSR count). The Labute approximate surface area is 126 Å². The zero-order valence-electron chi connectivity index (χ0n) is 13.5. The second kappa shape index (κ2) is 7.67. The van der Waals surface area contributed by atoms with Gasteiger partial charge in [0.2, 0.25) is 5.91 Å². The van der Waals surface area contributed by atoms with E-state index >= 15 is 0 Å². The molecule has 0 aliphatic carbocycles. The lowest BCUT2D eigenvalue weighted by Gasteiger charge is -2.25. The lowest BCUT2D eigenvalue weighted by atomic mass is 10.1. The molecule has 0 heterocycles. The summed E-state index contributed by atoms with van der Waals surface area (Å²) in [5.41, 5.74) is 3.03. The second-order valence-corrected chi connectivity index (χ2v) is 5.47. The minimum Gasteiger partial charge on any atom is -0.336 e. The van der Waals surface area contributed by atoms with Crippen LogP contribution in [0.1, 0.15) is 31.9 Å². The number of benzene rings is 1. The van der Waals surface area contributed by atoms with Gasteiger partial charge in [-0.3, -0.25) is 4.79 Å². The molecule has 0 atom stereocenters. The molecule has 0 fully saturated rings. The average Bonchev–Trinajstić information content (AvgIpc) is 2.35. The molecule has 2 N–H and O–H groups in total. The molecule has 0 radical (unpaired) electrons. The third-order valence-electron chi connectivity index (χ3n) is 3.13. The fraction of sp³-hybridized carbons (Fsp3) is 0.500. The first-order valence-electron chi connectivity index (χ1n) is 7.21. The lowest BCUT2D eigenvalue weighted by molar-refractivity contribution is -0.116. The molecule has 0 saturated carbocycles. The maximum atomic E-state index is 11.9. The van der Waals surface area contributed by atoms with Crippen LogP contribution in [0.4, 0.5) is 10.5 Å². The molecule has 0 spiro atoms. The standard InChI is InChI=1S/C16H25N3O2/c1-11(2)18-16(21)17-9-10-19(14(5)20)15-12(3)7-6-8-13(15)4/h6-8,11H,9-10H2,1-5H3,(H2,17,18,21). The third-order valence-corrected chi connectivity index (χ3v) is 3.13. The largest absolute Gasteiger partial charge is 0.336 e. The van der Waals surface area contributed by atoms with E-state index < -0.39 is 0 Å². The minimum absolute atomic E-state index is 0.0292. The van der Waals surface area contributed by atoms with Crippen LogP contribution in [0, 0.1) is 13.8 Å². The van der Waals surface area contributed by atoms with Gasteiger partial charge in [-0.1, -0.05) is 18.2 Å². The van der Waals surface area contributed by atoms with Crippen LogP contribution in [0.3, 0.4) is 0 Å². The molecule has 21 heavy (non-hydrogen) atoms. The summed E-state index contributed by atoms with van der Waals surface area (Å²) in [4.78, 5) is 25.2. The lowest BCUT2D eigenvalue weighted by Crippen LogP contribution is -2.44. The van der Waals surface area contributed by atoms with Gasteiger partial charge in [-0.05, 0) is 38.8 Å². The number of rotatable bonds is 5. The zero-order valence-corrected chi connectivity index (χ0v) is 13.5. The maximum Gasteiger partial charge on any atom is 0.315 e. The van der Waals surface area contributed by atoms with Crippen molar-refractivity contribution in [2.24, 2.45) is 0 Å². The van der Waals surface area contributed by atoms with E-state index in [-0.39, 0.29) is 18.0 Å². The first kappa shape index (κ1) is 17.0. The number of nitrogens with one attached hydrogen (secondary N) is 2. The molecule has 5 nitrogen and oxygen atoms in total. The van der Waals surface area contributed by atoms with Crippen LogP contribution in [0.5, 0.6) is 0 Å². The van der Waals surface area contributed by atoms with Crippen LogP contribution >= 0.6 is 0 Å². The van der Waals surface area contributed by atoms with Gasteiger partial charge in [0.15, 0.2) is 0 Å². The van der Waals surface area contributed by atoms with Crippen LogP contribution in [0.15, 0.2) is 18.2 Å². The van der Waals surface area contributed by atoms with E-state index in [0.717, 1.165) is 16.8 Å². The number of carbonyl (C=O) groups is 2. The smallest absolute Gasteiger partial charge is 0.315 e. The summed E-state index contributed by atoms with van der Waals surface area (Å²) < 4.78 is 0. The van der Waals surface area contributed by atoms with Crippen molar-refractivity contribution in [1.29, 1.82) is 0 Å². The SMILES string of the molecule is CC(=O)N(CCNC(=O)NC(C)C)c1c(C)cccc1C. The Bertz CT molecular complexity index is 492. The van der Waals surface area contributed by atoms with Crippen molar-refractivity contribution in [2.75, 3.05) is 18.0 Å². The molecule has 0 bridgehead atoms. The number of carbonyl (C=O) groups excluding carboxylic acids is 2. The summed E-state index contributed by atoms with van der Waals surface area (Å²) in [7, 11) is 0. The molecule has 0 saturated heterocycles. The van der Waals surface area contributed by atoms with Crippen LogP contribution in [-0.2, 0) is 4.79 Å². The highest BCUT2D eigenvalue weighted by molar-refractivity contribution is 5.93. The first-order valence-corrected chi connectivity index (χ1v) is 7.21. The fourth-order valence-electron chi connectivity index (χ4n) is 2.25. The van der Waals surface area contributed by atoms with Gasteiger partial charge in [-0.25, -0.2) is 4.79 Å². The van der Waals surface area contributed by atoms with Crippen molar-refractivity contribution in [2.45, 2.75) is 40.7 Å². The quantitative estimate of drug-likeness (QED) is 0.875. The number of hydrogen-bond acceptors (Lipinski definition) is 2. The Hall–Kier alpha value is -2.04. The Morgan fingerprint density at radius 2 is 1.76 bits per heavy atom. The summed E-state index contributed by atoms with van der Waals surface area (Å²) in [6.07, 6.45) is 0. The Balaban J connectivity index is 2.72. The highest BCUT2D eigenvalue weighted by Crippen LogP contribution is 2.24. The normalized spacial score (nSPS) is 10.4. The molecule has 1 aromatic carbocycles. The Morgan fingerprint density at radius 3 is 2.24 bits per heavy atom. The molecule has 116 valence electrons. The molecule has 5 heteroatoms. The average molecular weight is 291 g/mol. The first-order chi connectivity index (χ1) is 9.82. The number of hydrogen-bond donors (Lipinski definition) is 2. The van der Waals surface area contributed by atoms with E-state index in [1.807, 2.05) is 45.9 Å². The highest BCUT2D eigenvalue weighted by atomic mass is 16.2. The van der Waals surface area contributed by atoms with E-state index in [1.165, 1.54) is 0 Å². The van der Waals surface area contributed by atoms with Crippen molar-refractivity contribution < 1.29 is 9.59 Å². The van der Waals surface area contributed by atoms with Gasteiger partial charge < -0.3 is 15.5 Å². The number of urea groups is 1. The topological polar surface area (TPSA) is 61.4 Å². The predicted molar refractivity (Wildman–Crippen MR) is 85.6 cm³/mol. The third kappa shape index (κ3) is 5.10. The van der Waals surface area contributed by atoms with Crippen LogP contribution in [-0.4, -0.2) is 31.1 Å². The molecule has 0 unspecified atom stereocenters. The number of amides is 3. The molecule has 1 aromatic rings. The van der Waals surface area contributed by atoms with Gasteiger partial charge >= 0.3 is 6.03 Å². The fourth-order valence-corrected chi connectivity index (χ4v) is 2.25. The summed E-state index contributed by atoms with van der Waals surface area (Å²) in [6, 6.07) is 5.82. The molecule has 0 aliphatic heterocycles. The number of para-hydroxylation sites is 1. The van der Waals surface area contributed by atoms with E-state index in [4.69, 9.17) is 0 Å². The van der Waals surface area contributed by atoms with Gasteiger partial charge in [0, 0.05) is 31.7 Å². The van der Waals surface area contributed by atoms with Gasteiger partial charge in [-0.15, -0.1) is 0 Å². The predicted octanol–water partition coefficient (Wildman–Crippen LogP) is 2.36. The van der Waals surface area contributed by atoms with Crippen LogP contribution < -0.4 is 15.5 Å². The van der Waals surface area contributed by atoms with Crippen molar-refractivity contribution >= 4 is 17.6 Å². The van der Waals surface area contributed by atoms with Crippen LogP contribution in [0.2, 0.25) is 0 Å². The highest BCUT2D eigenvalue weighted by Gasteiger charge is 2.16.